The van der Waals surface area contributed by atoms with Crippen molar-refractivity contribution in [3.63, 3.8) is 0 Å². The van der Waals surface area contributed by atoms with Crippen molar-refractivity contribution >= 4 is 5.91 Å². The summed E-state index contributed by atoms with van der Waals surface area (Å²) in [6.45, 7) is 2.72. The van der Waals surface area contributed by atoms with Crippen molar-refractivity contribution in [2.45, 2.75) is 38.5 Å². The Morgan fingerprint density at radius 3 is 2.76 bits per heavy atom. The van der Waals surface area contributed by atoms with Gasteiger partial charge in [0, 0.05) is 19.0 Å². The molecule has 0 radical (unpaired) electrons. The van der Waals surface area contributed by atoms with Gasteiger partial charge in [0.15, 0.2) is 0 Å². The normalized spacial score (nSPS) is 40.2. The van der Waals surface area contributed by atoms with Crippen LogP contribution in [-0.4, -0.2) is 30.4 Å². The van der Waals surface area contributed by atoms with Gasteiger partial charge in [0.05, 0.1) is 0 Å². The SMILES string of the molecule is NCCC1CCN(C(=O)C2CC3CCC2C3)C1. The van der Waals surface area contributed by atoms with E-state index in [1.807, 2.05) is 0 Å². The lowest BCUT2D eigenvalue weighted by molar-refractivity contribution is -0.136. The zero-order chi connectivity index (χ0) is 11.8. The van der Waals surface area contributed by atoms with Gasteiger partial charge in [-0.1, -0.05) is 6.42 Å². The highest BCUT2D eigenvalue weighted by molar-refractivity contribution is 5.80. The number of rotatable bonds is 3. The highest BCUT2D eigenvalue weighted by Crippen LogP contribution is 2.49. The zero-order valence-corrected chi connectivity index (χ0v) is 10.6. The summed E-state index contributed by atoms with van der Waals surface area (Å²) in [6.07, 6.45) is 7.45. The second-order valence-electron chi connectivity index (χ2n) is 6.30. The van der Waals surface area contributed by atoms with Crippen molar-refractivity contribution in [1.82, 2.24) is 4.90 Å². The van der Waals surface area contributed by atoms with Crippen LogP contribution in [0.1, 0.15) is 38.5 Å². The lowest BCUT2D eigenvalue weighted by Crippen LogP contribution is -2.36. The largest absolute Gasteiger partial charge is 0.342 e. The van der Waals surface area contributed by atoms with Crippen LogP contribution in [0.3, 0.4) is 0 Å². The van der Waals surface area contributed by atoms with Gasteiger partial charge in [-0.05, 0) is 56.4 Å². The molecule has 2 N–H and O–H groups in total. The Kier molecular flexibility index (Phi) is 3.12. The van der Waals surface area contributed by atoms with Crippen molar-refractivity contribution in [2.75, 3.05) is 19.6 Å². The van der Waals surface area contributed by atoms with Crippen LogP contribution in [-0.2, 0) is 4.79 Å². The van der Waals surface area contributed by atoms with Crippen LogP contribution >= 0.6 is 0 Å². The monoisotopic (exact) mass is 236 g/mol. The maximum atomic E-state index is 12.5. The van der Waals surface area contributed by atoms with Crippen LogP contribution in [0.25, 0.3) is 0 Å². The Morgan fingerprint density at radius 2 is 2.12 bits per heavy atom. The molecular formula is C14H24N2O. The number of hydrogen-bond acceptors (Lipinski definition) is 2. The third-order valence-electron chi connectivity index (χ3n) is 5.23. The summed E-state index contributed by atoms with van der Waals surface area (Å²) >= 11 is 0. The van der Waals surface area contributed by atoms with Gasteiger partial charge in [0.1, 0.15) is 0 Å². The molecule has 2 aliphatic carbocycles. The number of likely N-dealkylation sites (tertiary alicyclic amines) is 1. The summed E-state index contributed by atoms with van der Waals surface area (Å²) in [5.41, 5.74) is 5.60. The molecule has 96 valence electrons. The molecule has 2 saturated carbocycles. The predicted octanol–water partition coefficient (Wildman–Crippen LogP) is 1.62. The predicted molar refractivity (Wildman–Crippen MR) is 67.3 cm³/mol. The first kappa shape index (κ1) is 11.5. The van der Waals surface area contributed by atoms with E-state index in [1.54, 1.807) is 0 Å². The molecule has 0 aromatic rings. The van der Waals surface area contributed by atoms with E-state index in [2.05, 4.69) is 4.90 Å². The Morgan fingerprint density at radius 1 is 1.24 bits per heavy atom. The fraction of sp³-hybridized carbons (Fsp3) is 0.929. The van der Waals surface area contributed by atoms with Crippen LogP contribution in [0.2, 0.25) is 0 Å². The summed E-state index contributed by atoms with van der Waals surface area (Å²) < 4.78 is 0. The van der Waals surface area contributed by atoms with Crippen LogP contribution in [0.5, 0.6) is 0 Å². The number of amides is 1. The first-order chi connectivity index (χ1) is 8.28. The lowest BCUT2D eigenvalue weighted by Gasteiger charge is -2.26. The molecule has 4 unspecified atom stereocenters. The van der Waals surface area contributed by atoms with Gasteiger partial charge in [0.25, 0.3) is 0 Å². The summed E-state index contributed by atoms with van der Waals surface area (Å²) in [6, 6.07) is 0. The third kappa shape index (κ3) is 2.10. The van der Waals surface area contributed by atoms with E-state index in [9.17, 15) is 4.79 Å². The summed E-state index contributed by atoms with van der Waals surface area (Å²) in [5.74, 6) is 3.11. The van der Waals surface area contributed by atoms with Gasteiger partial charge in [-0.15, -0.1) is 0 Å². The molecule has 3 heteroatoms. The number of carbonyl (C=O) groups is 1. The van der Waals surface area contributed by atoms with Crippen LogP contribution in [0, 0.1) is 23.7 Å². The average Bonchev–Trinajstić information content (AvgIpc) is 3.03. The Balaban J connectivity index is 1.57. The van der Waals surface area contributed by atoms with Gasteiger partial charge >= 0.3 is 0 Å². The molecular weight excluding hydrogens is 212 g/mol. The van der Waals surface area contributed by atoms with E-state index >= 15 is 0 Å². The first-order valence-corrected chi connectivity index (χ1v) is 7.26. The van der Waals surface area contributed by atoms with E-state index in [-0.39, 0.29) is 0 Å². The quantitative estimate of drug-likeness (QED) is 0.809. The van der Waals surface area contributed by atoms with E-state index in [0.717, 1.165) is 37.9 Å². The number of fused-ring (bicyclic) bond motifs is 2. The summed E-state index contributed by atoms with van der Waals surface area (Å²) in [5, 5.41) is 0. The molecule has 3 aliphatic rings. The van der Waals surface area contributed by atoms with E-state index in [4.69, 9.17) is 5.73 Å². The number of nitrogens with two attached hydrogens (primary N) is 1. The van der Waals surface area contributed by atoms with Crippen molar-refractivity contribution in [3.8, 4) is 0 Å². The minimum atomic E-state index is 0.380. The number of hydrogen-bond donors (Lipinski definition) is 1. The Labute approximate surface area is 104 Å². The average molecular weight is 236 g/mol. The molecule has 1 aliphatic heterocycles. The number of nitrogens with zero attached hydrogens (tertiary/aromatic N) is 1. The third-order valence-corrected chi connectivity index (χ3v) is 5.23. The molecule has 17 heavy (non-hydrogen) atoms. The smallest absolute Gasteiger partial charge is 0.225 e. The molecule has 1 amide bonds. The van der Waals surface area contributed by atoms with Crippen LogP contribution in [0.4, 0.5) is 0 Å². The van der Waals surface area contributed by atoms with Crippen molar-refractivity contribution in [2.24, 2.45) is 29.4 Å². The molecule has 1 saturated heterocycles. The van der Waals surface area contributed by atoms with Gasteiger partial charge < -0.3 is 10.6 Å². The molecule has 3 rings (SSSR count). The summed E-state index contributed by atoms with van der Waals surface area (Å²) in [7, 11) is 0. The number of carbonyl (C=O) groups excluding carboxylic acids is 1. The van der Waals surface area contributed by atoms with Crippen molar-refractivity contribution in [1.29, 1.82) is 0 Å². The van der Waals surface area contributed by atoms with E-state index in [1.165, 1.54) is 32.1 Å². The fourth-order valence-electron chi connectivity index (χ4n) is 4.29. The maximum absolute atomic E-state index is 12.5. The molecule has 3 nitrogen and oxygen atoms in total. The Hall–Kier alpha value is -0.570. The first-order valence-electron chi connectivity index (χ1n) is 7.26. The maximum Gasteiger partial charge on any atom is 0.225 e. The van der Waals surface area contributed by atoms with Crippen molar-refractivity contribution in [3.05, 3.63) is 0 Å². The van der Waals surface area contributed by atoms with Crippen molar-refractivity contribution < 1.29 is 4.79 Å². The van der Waals surface area contributed by atoms with E-state index < -0.39 is 0 Å². The van der Waals surface area contributed by atoms with E-state index in [0.29, 0.717) is 17.7 Å². The second-order valence-corrected chi connectivity index (χ2v) is 6.30. The molecule has 0 aromatic heterocycles. The van der Waals surface area contributed by atoms with Gasteiger partial charge in [-0.2, -0.15) is 0 Å². The molecule has 4 atom stereocenters. The fourth-order valence-corrected chi connectivity index (χ4v) is 4.29. The van der Waals surface area contributed by atoms with Crippen LogP contribution in [0.15, 0.2) is 0 Å². The second kappa shape index (κ2) is 4.60. The molecule has 0 spiro atoms. The molecule has 1 heterocycles. The lowest BCUT2D eigenvalue weighted by atomic mass is 9.88. The van der Waals surface area contributed by atoms with Gasteiger partial charge in [0.2, 0.25) is 5.91 Å². The van der Waals surface area contributed by atoms with Gasteiger partial charge in [-0.3, -0.25) is 4.79 Å². The molecule has 2 bridgehead atoms. The molecule has 3 fully saturated rings. The minimum Gasteiger partial charge on any atom is -0.342 e. The summed E-state index contributed by atoms with van der Waals surface area (Å²) in [4.78, 5) is 14.6. The molecule has 0 aromatic carbocycles. The zero-order valence-electron chi connectivity index (χ0n) is 10.6. The Bertz CT molecular complexity index is 305. The highest BCUT2D eigenvalue weighted by atomic mass is 16.2. The van der Waals surface area contributed by atoms with Gasteiger partial charge in [-0.25, -0.2) is 0 Å². The standard InChI is InChI=1S/C14H24N2O/c15-5-3-10-4-6-16(9-10)14(17)13-8-11-1-2-12(13)7-11/h10-13H,1-9,15H2. The minimum absolute atomic E-state index is 0.380. The topological polar surface area (TPSA) is 46.3 Å². The highest BCUT2D eigenvalue weighted by Gasteiger charge is 2.45. The van der Waals surface area contributed by atoms with Crippen LogP contribution < -0.4 is 5.73 Å².